The molecular formula is C77H76N16O18Zn. The summed E-state index contributed by atoms with van der Waals surface area (Å²) in [5.41, 5.74) is 13.3. The molecule has 5 aliphatic heterocycles. The van der Waals surface area contributed by atoms with Gasteiger partial charge >= 0.3 is 19.5 Å². The molecular weight excluding hydrogens is 1500 g/mol. The van der Waals surface area contributed by atoms with Crippen molar-refractivity contribution in [3.05, 3.63) is 186 Å². The monoisotopic (exact) mass is 1580 g/mol. The van der Waals surface area contributed by atoms with Crippen LogP contribution in [0.5, 0.6) is 0 Å². The van der Waals surface area contributed by atoms with Gasteiger partial charge in [0, 0.05) is 20.8 Å². The molecule has 12 N–H and O–H groups in total. The van der Waals surface area contributed by atoms with Crippen molar-refractivity contribution >= 4 is 64.1 Å². The van der Waals surface area contributed by atoms with E-state index >= 15 is 0 Å². The minimum atomic E-state index is -1.51. The van der Waals surface area contributed by atoms with Gasteiger partial charge in [-0.25, -0.2) is 24.0 Å². The Morgan fingerprint density at radius 2 is 0.661 bits per heavy atom. The van der Waals surface area contributed by atoms with E-state index in [0.29, 0.717) is 101 Å². The molecule has 574 valence electrons. The molecule has 3 amide bonds. The molecule has 4 aromatic carbocycles. The zero-order chi connectivity index (χ0) is 77.3. The van der Waals surface area contributed by atoms with Crippen LogP contribution in [0.2, 0.25) is 0 Å². The number of aliphatic hydroxyl groups excluding tert-OH is 9. The molecule has 35 heteroatoms. The minimum absolute atomic E-state index is 0. The summed E-state index contributed by atoms with van der Waals surface area (Å²) < 4.78 is 39.9. The van der Waals surface area contributed by atoms with Crippen molar-refractivity contribution in [1.29, 1.82) is 0 Å². The molecule has 0 saturated carbocycles. The third-order valence-electron chi connectivity index (χ3n) is 19.5. The van der Waals surface area contributed by atoms with Crippen molar-refractivity contribution in [2.45, 2.75) is 133 Å². The maximum absolute atomic E-state index is 12.1. The maximum Gasteiger partial charge on any atom is 2.00 e. The Kier molecular flexibility index (Phi) is 23.5. The SMILES string of the molecule is CC(=O)N[C@H]1[C@H](OCc2cn(-c3ccc(-c4c5nc(c(-c6ccc(-n7cc(CO[C@@H]8O[C@H](CO)[C@@H](O)[C@H](O)[C@H]8NC(C)=O)nn7)cc6)c6ccc([n-]6)c(-c6ccc(-n7cc(CO[C@@H]8O[C@H](CO)[C@@H](O)[C@H](O)[C@H]8NC(C)=O)nn7)cc6)c6nc(c(-c7ccccc7)c7ccc4[n-]7)C=C6)C=C5)cc3)nn2)O[C@H](CO)[C@@H](O)[C@@H]1O.[Zn+2]. The fraction of sp³-hybridized carbons (Fsp3) is 0.312. The van der Waals surface area contributed by atoms with Crippen LogP contribution >= 0.6 is 0 Å². The molecule has 10 aromatic rings. The standard InChI is InChI=1S/C77H78N16O18.Zn/c1-38(97)78-66-72(103)69(100)59(32-94)109-75(66)106-35-45-29-91(88-85-45)48-15-9-42(10-16-48)63-53-23-21-51(81-53)62(41-7-5-4-6-8-41)52-22-24-54(82-52)64(43-11-17-49(18-12-43)92-30-46(86-89-92)36-107-76-67(79-39(2)98)73(104)70(101)60(33-95)110-76)56-26-28-58(84-56)65(57-27-25-55(63)83-57)44-13-19-50(20-14-44)93-31-47(87-90-93)37-108-77-68(80-40(3)99)74(105)71(102)61(34-96)111-77;/h4-31,59-61,66-77,94-96,100-105H,32-37H2,1-3H3,(H5,78,79,80,81,82,83,84,85,86,87,88,89,90,97,98,99);/q;+2/p-2/t59-,60-,61-,66-,67-,68-,69-,70-,71-,72-,73-,74-,75-,76-,77-;/m1./s1. The number of nitrogens with zero attached hydrogens (tertiary/aromatic N) is 13. The first-order chi connectivity index (χ1) is 53.8. The van der Waals surface area contributed by atoms with E-state index in [1.54, 1.807) is 32.6 Å². The normalized spacial score (nSPS) is 24.2. The number of hydrogen-bond acceptors (Lipinski definition) is 26. The third-order valence-corrected chi connectivity index (χ3v) is 19.5. The van der Waals surface area contributed by atoms with Gasteiger partial charge < -0.3 is 100 Å². The van der Waals surface area contributed by atoms with Crippen molar-refractivity contribution in [2.24, 2.45) is 0 Å². The maximum atomic E-state index is 12.1. The van der Waals surface area contributed by atoms with Crippen LogP contribution in [0.3, 0.4) is 0 Å². The van der Waals surface area contributed by atoms with Crippen molar-refractivity contribution in [2.75, 3.05) is 19.8 Å². The largest absolute Gasteiger partial charge is 2.00 e. The van der Waals surface area contributed by atoms with Gasteiger partial charge in [-0.05, 0) is 105 Å². The van der Waals surface area contributed by atoms with Crippen LogP contribution in [0, 0.1) is 0 Å². The molecule has 5 aliphatic rings. The van der Waals surface area contributed by atoms with Gasteiger partial charge in [0.1, 0.15) is 90.1 Å². The Hall–Kier alpha value is -10.7. The van der Waals surface area contributed by atoms with Crippen molar-refractivity contribution in [1.82, 2.24) is 80.9 Å². The summed E-state index contributed by atoms with van der Waals surface area (Å²) >= 11 is 0. The van der Waals surface area contributed by atoms with E-state index in [1.165, 1.54) is 20.8 Å². The molecule has 15 rings (SSSR count). The number of nitrogens with one attached hydrogen (secondary N) is 3. The predicted octanol–water partition coefficient (Wildman–Crippen LogP) is 1.70. The van der Waals surface area contributed by atoms with E-state index < -0.39 is 129 Å². The van der Waals surface area contributed by atoms with E-state index in [2.05, 4.69) is 46.9 Å². The number of fused-ring (bicyclic) bond motifs is 8. The molecule has 34 nitrogen and oxygen atoms in total. The molecule has 15 atom stereocenters. The van der Waals surface area contributed by atoms with E-state index in [-0.39, 0.29) is 39.3 Å². The summed E-state index contributed by atoms with van der Waals surface area (Å²) in [6.45, 7) is 1.34. The Balaban J connectivity index is 0.0000104. The molecule has 0 radical (unpaired) electrons. The molecule has 11 heterocycles. The molecule has 3 fully saturated rings. The number of hydrogen-bond donors (Lipinski definition) is 12. The summed E-state index contributed by atoms with van der Waals surface area (Å²) in [6.07, 6.45) is -3.64. The molecule has 8 bridgehead atoms. The van der Waals surface area contributed by atoms with E-state index in [4.69, 9.17) is 48.4 Å². The van der Waals surface area contributed by atoms with Gasteiger partial charge in [-0.2, -0.15) is 0 Å². The molecule has 0 unspecified atom stereocenters. The van der Waals surface area contributed by atoms with E-state index in [1.807, 2.05) is 152 Å². The van der Waals surface area contributed by atoms with E-state index in [9.17, 15) is 60.3 Å². The van der Waals surface area contributed by atoms with Crippen LogP contribution in [0.25, 0.3) is 108 Å². The fourth-order valence-corrected chi connectivity index (χ4v) is 14.0. The minimum Gasteiger partial charge on any atom is -0.657 e. The van der Waals surface area contributed by atoms with Gasteiger partial charge in [0.05, 0.1) is 98.1 Å². The summed E-state index contributed by atoms with van der Waals surface area (Å²) in [7, 11) is 0. The average Bonchev–Trinajstić information content (AvgIpc) is 1.58. The van der Waals surface area contributed by atoms with Crippen LogP contribution in [0.4, 0.5) is 0 Å². The zero-order valence-electron chi connectivity index (χ0n) is 60.3. The van der Waals surface area contributed by atoms with Crippen molar-refractivity contribution in [3.8, 4) is 61.6 Å². The average molecular weight is 1580 g/mol. The Labute approximate surface area is 649 Å². The predicted molar refractivity (Wildman–Crippen MR) is 394 cm³/mol. The van der Waals surface area contributed by atoms with Crippen LogP contribution in [-0.4, -0.2) is 230 Å². The second-order valence-corrected chi connectivity index (χ2v) is 27.1. The number of aliphatic hydroxyl groups is 9. The first-order valence-electron chi connectivity index (χ1n) is 35.5. The molecule has 0 aliphatic carbocycles. The van der Waals surface area contributed by atoms with Gasteiger partial charge in [0.25, 0.3) is 0 Å². The van der Waals surface area contributed by atoms with Gasteiger partial charge in [0.15, 0.2) is 18.9 Å². The number of rotatable bonds is 22. The first-order valence-corrected chi connectivity index (χ1v) is 35.5. The molecule has 3 saturated heterocycles. The molecule has 112 heavy (non-hydrogen) atoms. The number of amides is 3. The van der Waals surface area contributed by atoms with Gasteiger partial charge in [-0.1, -0.05) is 107 Å². The summed E-state index contributed by atoms with van der Waals surface area (Å²) in [4.78, 5) is 58.2. The Morgan fingerprint density at radius 1 is 0.393 bits per heavy atom. The fourth-order valence-electron chi connectivity index (χ4n) is 14.0. The van der Waals surface area contributed by atoms with Crippen LogP contribution < -0.4 is 25.9 Å². The van der Waals surface area contributed by atoms with Crippen LogP contribution in [0.1, 0.15) is 60.6 Å². The Bertz CT molecular complexity index is 5160. The van der Waals surface area contributed by atoms with Gasteiger partial charge in [0.2, 0.25) is 17.7 Å². The van der Waals surface area contributed by atoms with E-state index in [0.717, 1.165) is 22.3 Å². The summed E-state index contributed by atoms with van der Waals surface area (Å²) in [5.74, 6) is -1.50. The van der Waals surface area contributed by atoms with Crippen molar-refractivity contribution in [3.63, 3.8) is 0 Å². The Morgan fingerprint density at radius 3 is 0.920 bits per heavy atom. The number of benzene rings is 4. The van der Waals surface area contributed by atoms with Crippen molar-refractivity contribution < 1.29 is 108 Å². The topological polar surface area (TPSA) is 471 Å². The van der Waals surface area contributed by atoms with Gasteiger partial charge in [-0.3, -0.25) is 14.4 Å². The third kappa shape index (κ3) is 16.2. The second-order valence-electron chi connectivity index (χ2n) is 27.1. The number of aromatic nitrogens is 13. The van der Waals surface area contributed by atoms with Gasteiger partial charge in [-0.15, -0.1) is 37.4 Å². The van der Waals surface area contributed by atoms with Crippen LogP contribution in [-0.2, 0) is 82.1 Å². The number of carbonyl (C=O) groups is 3. The zero-order valence-corrected chi connectivity index (χ0v) is 63.3. The van der Waals surface area contributed by atoms with Crippen LogP contribution in [0.15, 0.2) is 146 Å². The second kappa shape index (κ2) is 33.7. The molecule has 6 aromatic heterocycles. The molecule has 0 spiro atoms. The number of ether oxygens (including phenoxy) is 6. The summed E-state index contributed by atoms with van der Waals surface area (Å²) in [6, 6.07) is 36.8. The smallest absolute Gasteiger partial charge is 0.657 e. The summed E-state index contributed by atoms with van der Waals surface area (Å²) in [5, 5.41) is 128. The first kappa shape index (κ1) is 78.0. The number of carbonyl (C=O) groups excluding carboxylic acids is 3. The quantitative estimate of drug-likeness (QED) is 0.0430.